The smallest absolute Gasteiger partial charge is 0.262 e. The molecule has 0 unspecified atom stereocenters. The van der Waals surface area contributed by atoms with Crippen molar-refractivity contribution < 1.29 is 22.4 Å². The monoisotopic (exact) mass is 469 g/mol. The fourth-order valence-corrected chi connectivity index (χ4v) is 4.21. The molecule has 0 atom stereocenters. The number of carbonyl (C=O) groups is 2. The molecule has 2 N–H and O–H groups in total. The van der Waals surface area contributed by atoms with E-state index in [0.717, 1.165) is 11.6 Å². The number of para-hydroxylation sites is 1. The average Bonchev–Trinajstić information content (AvgIpc) is 2.83. The van der Waals surface area contributed by atoms with E-state index < -0.39 is 21.7 Å². The Kier molecular flexibility index (Phi) is 7.78. The fourth-order valence-electron chi connectivity index (χ4n) is 3.10. The number of rotatable bonds is 9. The maximum absolute atomic E-state index is 13.8. The Morgan fingerprint density at radius 1 is 0.939 bits per heavy atom. The van der Waals surface area contributed by atoms with Crippen molar-refractivity contribution in [1.82, 2.24) is 10.2 Å². The first-order valence-electron chi connectivity index (χ1n) is 10.3. The Morgan fingerprint density at radius 2 is 1.64 bits per heavy atom. The summed E-state index contributed by atoms with van der Waals surface area (Å²) >= 11 is 0. The van der Waals surface area contributed by atoms with Gasteiger partial charge in [-0.15, -0.1) is 0 Å². The second-order valence-corrected chi connectivity index (χ2v) is 8.87. The van der Waals surface area contributed by atoms with E-state index in [2.05, 4.69) is 10.0 Å². The number of hydrogen-bond donors (Lipinski definition) is 2. The zero-order valence-electron chi connectivity index (χ0n) is 18.0. The van der Waals surface area contributed by atoms with Crippen molar-refractivity contribution in [3.8, 4) is 0 Å². The molecule has 0 radical (unpaired) electrons. The van der Waals surface area contributed by atoms with Gasteiger partial charge in [-0.1, -0.05) is 48.5 Å². The first kappa shape index (κ1) is 23.9. The maximum Gasteiger partial charge on any atom is 0.262 e. The molecule has 0 spiro atoms. The van der Waals surface area contributed by atoms with Crippen molar-refractivity contribution in [3.05, 3.63) is 95.8 Å². The van der Waals surface area contributed by atoms with Gasteiger partial charge in [-0.3, -0.25) is 14.3 Å². The minimum Gasteiger partial charge on any atom is -0.343 e. The van der Waals surface area contributed by atoms with Gasteiger partial charge in [0.2, 0.25) is 5.91 Å². The van der Waals surface area contributed by atoms with Crippen molar-refractivity contribution >= 4 is 27.5 Å². The van der Waals surface area contributed by atoms with E-state index in [1.165, 1.54) is 42.5 Å². The number of benzene rings is 3. The highest BCUT2D eigenvalue weighted by atomic mass is 32.2. The summed E-state index contributed by atoms with van der Waals surface area (Å²) in [7, 11) is -4.12. The quantitative estimate of drug-likeness (QED) is 0.502. The summed E-state index contributed by atoms with van der Waals surface area (Å²) in [5.41, 5.74) is 0.834. The molecule has 3 rings (SSSR count). The first-order valence-corrected chi connectivity index (χ1v) is 11.8. The van der Waals surface area contributed by atoms with Crippen LogP contribution in [0.15, 0.2) is 83.8 Å². The molecule has 3 aromatic carbocycles. The molecule has 0 aromatic heterocycles. The van der Waals surface area contributed by atoms with Gasteiger partial charge in [0.25, 0.3) is 15.9 Å². The lowest BCUT2D eigenvalue weighted by Gasteiger charge is -2.21. The van der Waals surface area contributed by atoms with E-state index in [1.54, 1.807) is 4.90 Å². The predicted molar refractivity (Wildman–Crippen MR) is 124 cm³/mol. The number of nitrogens with one attached hydrogen (secondary N) is 2. The lowest BCUT2D eigenvalue weighted by Crippen LogP contribution is -2.39. The van der Waals surface area contributed by atoms with E-state index in [-0.39, 0.29) is 28.6 Å². The van der Waals surface area contributed by atoms with Gasteiger partial charge in [0.15, 0.2) is 0 Å². The zero-order valence-corrected chi connectivity index (χ0v) is 18.8. The van der Waals surface area contributed by atoms with Crippen molar-refractivity contribution in [2.24, 2.45) is 0 Å². The molecule has 2 amide bonds. The molecule has 0 aliphatic rings. The van der Waals surface area contributed by atoms with E-state index >= 15 is 0 Å². The number of halogens is 1. The van der Waals surface area contributed by atoms with Gasteiger partial charge < -0.3 is 10.2 Å². The van der Waals surface area contributed by atoms with Crippen LogP contribution < -0.4 is 10.0 Å². The molecule has 0 aliphatic carbocycles. The van der Waals surface area contributed by atoms with Crippen LogP contribution >= 0.6 is 0 Å². The molecule has 7 nitrogen and oxygen atoms in total. The predicted octanol–water partition coefficient (Wildman–Crippen LogP) is 3.41. The summed E-state index contributed by atoms with van der Waals surface area (Å²) in [6, 6.07) is 20.2. The van der Waals surface area contributed by atoms with E-state index in [9.17, 15) is 22.4 Å². The Hall–Kier alpha value is -3.72. The number of carbonyl (C=O) groups excluding carboxylic acids is 2. The molecule has 0 saturated carbocycles. The standard InChI is InChI=1S/C24H24FN3O4S/c1-2-28(17-18-9-4-3-5-10-18)23(29)16-26-24(30)19-11-8-12-20(15-19)33(31,32)27-22-14-7-6-13-21(22)25/h3-15,27H,2,16-17H2,1H3,(H,26,30). The van der Waals surface area contributed by atoms with Crippen LogP contribution in [0, 0.1) is 5.82 Å². The molecular formula is C24H24FN3O4S. The number of anilines is 1. The summed E-state index contributed by atoms with van der Waals surface area (Å²) < 4.78 is 41.2. The summed E-state index contributed by atoms with van der Waals surface area (Å²) in [5, 5.41) is 2.53. The van der Waals surface area contributed by atoms with Crippen LogP contribution in [-0.4, -0.2) is 38.2 Å². The van der Waals surface area contributed by atoms with Crippen LogP contribution in [0.4, 0.5) is 10.1 Å². The average molecular weight is 470 g/mol. The van der Waals surface area contributed by atoms with Gasteiger partial charge >= 0.3 is 0 Å². The van der Waals surface area contributed by atoms with Crippen molar-refractivity contribution in [1.29, 1.82) is 0 Å². The molecular weight excluding hydrogens is 445 g/mol. The van der Waals surface area contributed by atoms with Gasteiger partial charge in [0, 0.05) is 18.7 Å². The summed E-state index contributed by atoms with van der Waals surface area (Å²) in [5.74, 6) is -1.58. The number of nitrogens with zero attached hydrogens (tertiary/aromatic N) is 1. The van der Waals surface area contributed by atoms with Gasteiger partial charge in [0.05, 0.1) is 17.1 Å². The normalized spacial score (nSPS) is 11.0. The van der Waals surface area contributed by atoms with Crippen LogP contribution in [0.1, 0.15) is 22.8 Å². The third-order valence-electron chi connectivity index (χ3n) is 4.88. The lowest BCUT2D eigenvalue weighted by molar-refractivity contribution is -0.130. The SMILES string of the molecule is CCN(Cc1ccccc1)C(=O)CNC(=O)c1cccc(S(=O)(=O)Nc2ccccc2F)c1. The van der Waals surface area contributed by atoms with Crippen LogP contribution in [0.5, 0.6) is 0 Å². The first-order chi connectivity index (χ1) is 15.8. The number of hydrogen-bond acceptors (Lipinski definition) is 4. The third-order valence-corrected chi connectivity index (χ3v) is 6.24. The highest BCUT2D eigenvalue weighted by molar-refractivity contribution is 7.92. The molecule has 0 bridgehead atoms. The Labute approximate surface area is 192 Å². The van der Waals surface area contributed by atoms with Gasteiger partial charge in [-0.2, -0.15) is 0 Å². The number of likely N-dealkylation sites (N-methyl/N-ethyl adjacent to an activating group) is 1. The molecule has 172 valence electrons. The molecule has 0 aliphatic heterocycles. The maximum atomic E-state index is 13.8. The lowest BCUT2D eigenvalue weighted by atomic mass is 10.2. The summed E-state index contributed by atoms with van der Waals surface area (Å²) in [6.07, 6.45) is 0. The van der Waals surface area contributed by atoms with Crippen molar-refractivity contribution in [3.63, 3.8) is 0 Å². The van der Waals surface area contributed by atoms with Crippen LogP contribution in [0.25, 0.3) is 0 Å². The Morgan fingerprint density at radius 3 is 2.33 bits per heavy atom. The van der Waals surface area contributed by atoms with E-state index in [4.69, 9.17) is 0 Å². The van der Waals surface area contributed by atoms with Crippen LogP contribution in [0.2, 0.25) is 0 Å². The van der Waals surface area contributed by atoms with Crippen LogP contribution in [-0.2, 0) is 21.4 Å². The molecule has 9 heteroatoms. The topological polar surface area (TPSA) is 95.6 Å². The summed E-state index contributed by atoms with van der Waals surface area (Å²) in [6.45, 7) is 2.50. The summed E-state index contributed by atoms with van der Waals surface area (Å²) in [4.78, 5) is 26.5. The van der Waals surface area contributed by atoms with E-state index in [1.807, 2.05) is 37.3 Å². The van der Waals surface area contributed by atoms with Crippen molar-refractivity contribution in [2.45, 2.75) is 18.4 Å². The molecule has 3 aromatic rings. The zero-order chi connectivity index (χ0) is 23.8. The largest absolute Gasteiger partial charge is 0.343 e. The Balaban J connectivity index is 1.65. The molecule has 0 fully saturated rings. The van der Waals surface area contributed by atoms with Gasteiger partial charge in [0.1, 0.15) is 5.82 Å². The molecule has 0 saturated heterocycles. The highest BCUT2D eigenvalue weighted by Gasteiger charge is 2.19. The molecule has 33 heavy (non-hydrogen) atoms. The van der Waals surface area contributed by atoms with Crippen LogP contribution in [0.3, 0.4) is 0 Å². The number of sulfonamides is 1. The highest BCUT2D eigenvalue weighted by Crippen LogP contribution is 2.19. The number of amides is 2. The van der Waals surface area contributed by atoms with E-state index in [0.29, 0.717) is 13.1 Å². The second-order valence-electron chi connectivity index (χ2n) is 7.19. The fraction of sp³-hybridized carbons (Fsp3) is 0.167. The molecule has 0 heterocycles. The third kappa shape index (κ3) is 6.39. The Bertz CT molecular complexity index is 1230. The minimum absolute atomic E-state index is 0.0605. The van der Waals surface area contributed by atoms with Gasteiger partial charge in [-0.05, 0) is 42.8 Å². The minimum atomic E-state index is -4.12. The van der Waals surface area contributed by atoms with Crippen molar-refractivity contribution in [2.75, 3.05) is 17.8 Å². The second kappa shape index (κ2) is 10.7. The van der Waals surface area contributed by atoms with Gasteiger partial charge in [-0.25, -0.2) is 12.8 Å².